The topological polar surface area (TPSA) is 50.2 Å². The normalized spacial score (nSPS) is 19.1. The van der Waals surface area contributed by atoms with Crippen LogP contribution in [0.5, 0.6) is 0 Å². The molecule has 5 aromatic rings. The fraction of sp³-hybridized carbons (Fsp3) is 0.200. The highest BCUT2D eigenvalue weighted by atomic mass is 16.3. The Hall–Kier alpha value is -6.59. The van der Waals surface area contributed by atoms with Crippen molar-refractivity contribution in [3.63, 3.8) is 0 Å². The molecule has 1 atom stereocenters. The number of aryl methyl sites for hydroxylation is 1. The number of benzene rings is 5. The Balaban J connectivity index is 1.17. The van der Waals surface area contributed by atoms with Gasteiger partial charge in [-0.05, 0) is 132 Å². The van der Waals surface area contributed by atoms with E-state index in [-0.39, 0.29) is 17.2 Å². The Bertz CT molecular complexity index is 3070. The van der Waals surface area contributed by atoms with E-state index in [9.17, 15) is 10.2 Å². The molecule has 62 heavy (non-hydrogen) atoms. The fourth-order valence-electron chi connectivity index (χ4n) is 12.2. The second-order valence-electron chi connectivity index (χ2n) is 18.5. The van der Waals surface area contributed by atoms with Gasteiger partial charge in [-0.25, -0.2) is 0 Å². The van der Waals surface area contributed by atoms with Crippen molar-refractivity contribution in [3.05, 3.63) is 218 Å². The minimum absolute atomic E-state index is 0.222. The third-order valence-electron chi connectivity index (χ3n) is 14.8. The summed E-state index contributed by atoms with van der Waals surface area (Å²) in [6.45, 7) is 17.4. The quantitative estimate of drug-likeness (QED) is 0.124. The summed E-state index contributed by atoms with van der Waals surface area (Å²) >= 11 is 0. The standard InChI is InChI=1S/C55H49B2N3O2/c1-7-14-32(4)49(31(2)3)56-46-20-13-21-47-51(46)60-54(52(61)57(47)50-33(5)23-24-37-29-44(37)50)58(39-25-26-42-38(28-39)27-35-15-8-10-17-40(35)42)34(6)59(55(60)53(56)62)48-22-12-19-43-41-18-11-9-16-36(41)30-45(43)48/h8-13,15-18,20-26,28,43,61-62H,2,6-7,14,19,27,29-30H2,1,3-5H3/b49-32+. The molecule has 0 amide bonds. The van der Waals surface area contributed by atoms with Crippen LogP contribution < -0.4 is 26.2 Å². The first-order valence-corrected chi connectivity index (χ1v) is 22.4. The van der Waals surface area contributed by atoms with Gasteiger partial charge in [-0.1, -0.05) is 145 Å². The predicted octanol–water partition coefficient (Wildman–Crippen LogP) is 10.2. The molecule has 5 aromatic carbocycles. The number of fused-ring (bicyclic) bond motifs is 7. The van der Waals surface area contributed by atoms with Crippen LogP contribution in [0, 0.1) is 6.92 Å². The highest BCUT2D eigenvalue weighted by Crippen LogP contribution is 2.53. The van der Waals surface area contributed by atoms with Crippen LogP contribution in [0.25, 0.3) is 11.1 Å². The van der Waals surface area contributed by atoms with E-state index in [1.54, 1.807) is 0 Å². The summed E-state index contributed by atoms with van der Waals surface area (Å²) in [4.78, 5) is 6.60. The molecule has 1 saturated heterocycles. The first-order chi connectivity index (χ1) is 30.2. The summed E-state index contributed by atoms with van der Waals surface area (Å²) in [7, 11) is 0. The number of nitrogens with zero attached hydrogens (tertiary/aromatic N) is 3. The Morgan fingerprint density at radius 2 is 1.52 bits per heavy atom. The molecule has 0 bridgehead atoms. The molecule has 302 valence electrons. The van der Waals surface area contributed by atoms with Crippen molar-refractivity contribution in [2.24, 2.45) is 0 Å². The molecular formula is C55H49B2N3O2. The molecule has 0 spiro atoms. The lowest BCUT2D eigenvalue weighted by atomic mass is 9.31. The van der Waals surface area contributed by atoms with E-state index >= 15 is 0 Å². The van der Waals surface area contributed by atoms with Gasteiger partial charge in [-0.2, -0.15) is 0 Å². The molecule has 5 nitrogen and oxygen atoms in total. The minimum atomic E-state index is -0.477. The van der Waals surface area contributed by atoms with Crippen LogP contribution in [0.1, 0.15) is 84.9 Å². The van der Waals surface area contributed by atoms with Gasteiger partial charge in [0.1, 0.15) is 17.1 Å². The Labute approximate surface area is 365 Å². The lowest BCUT2D eigenvalue weighted by molar-refractivity contribution is 0.376. The van der Waals surface area contributed by atoms with Crippen LogP contribution in [0.2, 0.25) is 0 Å². The second kappa shape index (κ2) is 13.5. The van der Waals surface area contributed by atoms with Crippen molar-refractivity contribution in [2.75, 3.05) is 9.80 Å². The zero-order valence-corrected chi connectivity index (χ0v) is 36.0. The molecule has 0 aromatic heterocycles. The molecule has 0 saturated carbocycles. The molecule has 7 aliphatic rings. The van der Waals surface area contributed by atoms with E-state index in [1.165, 1.54) is 66.7 Å². The minimum Gasteiger partial charge on any atom is -0.518 e. The van der Waals surface area contributed by atoms with Crippen LogP contribution in [-0.4, -0.2) is 28.5 Å². The van der Waals surface area contributed by atoms with E-state index in [0.29, 0.717) is 17.5 Å². The molecular weight excluding hydrogens is 756 g/mol. The summed E-state index contributed by atoms with van der Waals surface area (Å²) in [5.41, 5.74) is 22.9. The first-order valence-electron chi connectivity index (χ1n) is 22.4. The summed E-state index contributed by atoms with van der Waals surface area (Å²) < 4.78 is 0. The maximum Gasteiger partial charge on any atom is 0.294 e. The van der Waals surface area contributed by atoms with Crippen LogP contribution in [-0.2, 0) is 19.3 Å². The molecule has 3 aliphatic heterocycles. The SMILES string of the molecule is C=C(C)/C(B1C(O)=C2N(C3=C4Cc5ccccc5C4CC=C3)C(=C)N(c3ccc4c(c3)Cc3ccccc3-4)C3=C(O)B(c4c(C)ccc5c4C5)c4cccc1c4N23)=C(/C)CCC. The molecule has 7 heteroatoms. The van der Waals surface area contributed by atoms with Gasteiger partial charge < -0.3 is 10.2 Å². The van der Waals surface area contributed by atoms with Gasteiger partial charge in [0.25, 0.3) is 13.4 Å². The summed E-state index contributed by atoms with van der Waals surface area (Å²) in [5, 5.41) is 26.9. The Kier molecular flexibility index (Phi) is 8.07. The zero-order chi connectivity index (χ0) is 42.3. The van der Waals surface area contributed by atoms with Gasteiger partial charge in [0.05, 0.1) is 0 Å². The number of aliphatic hydroxyl groups is 2. The predicted molar refractivity (Wildman–Crippen MR) is 257 cm³/mol. The second-order valence-corrected chi connectivity index (χ2v) is 18.5. The summed E-state index contributed by atoms with van der Waals surface area (Å²) in [5.74, 6) is 2.12. The monoisotopic (exact) mass is 805 g/mol. The molecule has 1 unspecified atom stereocenters. The van der Waals surface area contributed by atoms with Crippen molar-refractivity contribution in [1.82, 2.24) is 4.90 Å². The van der Waals surface area contributed by atoms with Crippen molar-refractivity contribution in [2.45, 2.75) is 72.1 Å². The van der Waals surface area contributed by atoms with E-state index in [4.69, 9.17) is 6.58 Å². The van der Waals surface area contributed by atoms with E-state index in [1.807, 2.05) is 0 Å². The highest BCUT2D eigenvalue weighted by molar-refractivity contribution is 6.95. The van der Waals surface area contributed by atoms with Crippen molar-refractivity contribution >= 4 is 41.2 Å². The van der Waals surface area contributed by atoms with Gasteiger partial charge in [-0.15, -0.1) is 0 Å². The van der Waals surface area contributed by atoms with Crippen molar-refractivity contribution in [1.29, 1.82) is 0 Å². The van der Waals surface area contributed by atoms with Gasteiger partial charge >= 0.3 is 0 Å². The average Bonchev–Trinajstić information content (AvgIpc) is 3.82. The fourth-order valence-corrected chi connectivity index (χ4v) is 12.2. The molecule has 12 rings (SSSR count). The van der Waals surface area contributed by atoms with E-state index in [2.05, 4.69) is 158 Å². The maximum absolute atomic E-state index is 13.5. The Morgan fingerprint density at radius 1 is 0.758 bits per heavy atom. The van der Waals surface area contributed by atoms with Crippen LogP contribution in [0.3, 0.4) is 0 Å². The Morgan fingerprint density at radius 3 is 2.34 bits per heavy atom. The lowest BCUT2D eigenvalue weighted by Gasteiger charge is -2.55. The van der Waals surface area contributed by atoms with Crippen molar-refractivity contribution in [3.8, 4) is 11.1 Å². The van der Waals surface area contributed by atoms with Gasteiger partial charge in [0.15, 0.2) is 11.6 Å². The van der Waals surface area contributed by atoms with Crippen LogP contribution in [0.4, 0.5) is 11.4 Å². The zero-order valence-electron chi connectivity index (χ0n) is 36.0. The number of anilines is 2. The molecule has 1 fully saturated rings. The number of hydrogen-bond donors (Lipinski definition) is 2. The van der Waals surface area contributed by atoms with Gasteiger partial charge in [0.2, 0.25) is 0 Å². The smallest absolute Gasteiger partial charge is 0.294 e. The molecule has 3 heterocycles. The summed E-state index contributed by atoms with van der Waals surface area (Å²) in [6.07, 6.45) is 9.93. The largest absolute Gasteiger partial charge is 0.518 e. The number of para-hydroxylation sites is 1. The number of hydrogen-bond acceptors (Lipinski definition) is 5. The van der Waals surface area contributed by atoms with E-state index in [0.717, 1.165) is 77.6 Å². The van der Waals surface area contributed by atoms with Gasteiger partial charge in [0, 0.05) is 23.0 Å². The molecule has 0 radical (unpaired) electrons. The third kappa shape index (κ3) is 5.05. The average molecular weight is 806 g/mol. The highest BCUT2D eigenvalue weighted by Gasteiger charge is 2.55. The number of rotatable bonds is 7. The maximum atomic E-state index is 13.5. The summed E-state index contributed by atoms with van der Waals surface area (Å²) in [6, 6.07) is 35.2. The van der Waals surface area contributed by atoms with Crippen molar-refractivity contribution < 1.29 is 10.2 Å². The number of aliphatic hydroxyl groups excluding tert-OH is 2. The molecule has 2 N–H and O–H groups in total. The van der Waals surface area contributed by atoms with E-state index < -0.39 is 13.4 Å². The molecule has 4 aliphatic carbocycles. The van der Waals surface area contributed by atoms with Crippen LogP contribution in [0.15, 0.2) is 179 Å². The first kappa shape index (κ1) is 37.2. The number of allylic oxidation sites excluding steroid dienone is 6. The van der Waals surface area contributed by atoms with Gasteiger partial charge in [-0.3, -0.25) is 14.7 Å². The third-order valence-corrected chi connectivity index (χ3v) is 14.8. The van der Waals surface area contributed by atoms with Crippen LogP contribution >= 0.6 is 0 Å². The lowest BCUT2D eigenvalue weighted by Crippen LogP contribution is -2.64.